The summed E-state index contributed by atoms with van der Waals surface area (Å²) in [5.41, 5.74) is 0.608. The summed E-state index contributed by atoms with van der Waals surface area (Å²) in [6.45, 7) is 7.13. The van der Waals surface area contributed by atoms with E-state index in [0.29, 0.717) is 17.4 Å². The summed E-state index contributed by atoms with van der Waals surface area (Å²) in [6, 6.07) is 3.09. The molecular formula is C15H26N2. The molecule has 96 valence electrons. The normalized spacial score (nSPS) is 33.5. The Hall–Kier alpha value is -0.550. The second kappa shape index (κ2) is 5.40. The van der Waals surface area contributed by atoms with Crippen LogP contribution in [0.25, 0.3) is 0 Å². The van der Waals surface area contributed by atoms with Crippen LogP contribution in [0.2, 0.25) is 0 Å². The third-order valence-electron chi connectivity index (χ3n) is 5.47. The second-order valence-corrected chi connectivity index (χ2v) is 5.98. The Kier molecular flexibility index (Phi) is 4.09. The number of hydrogen-bond acceptors (Lipinski definition) is 2. The van der Waals surface area contributed by atoms with Gasteiger partial charge in [0.05, 0.1) is 12.0 Å². The molecule has 0 aromatic heterocycles. The number of nitrogens with zero attached hydrogens (tertiary/aromatic N) is 2. The lowest BCUT2D eigenvalue weighted by molar-refractivity contribution is 0.0600. The molecule has 2 heteroatoms. The Bertz CT molecular complexity index is 278. The number of likely N-dealkylation sites (tertiary alicyclic amines) is 1. The van der Waals surface area contributed by atoms with Crippen LogP contribution in [0.4, 0.5) is 0 Å². The van der Waals surface area contributed by atoms with E-state index in [0.717, 1.165) is 6.42 Å². The van der Waals surface area contributed by atoms with Gasteiger partial charge in [-0.1, -0.05) is 33.1 Å². The fourth-order valence-electron chi connectivity index (χ4n) is 3.82. The number of piperidine rings is 1. The first-order valence-corrected chi connectivity index (χ1v) is 7.38. The summed E-state index contributed by atoms with van der Waals surface area (Å²) in [5, 5.41) is 9.19. The predicted molar refractivity (Wildman–Crippen MR) is 70.6 cm³/mol. The summed E-state index contributed by atoms with van der Waals surface area (Å²) < 4.78 is 0. The molecule has 2 aliphatic rings. The number of hydrogen-bond donors (Lipinski definition) is 0. The van der Waals surface area contributed by atoms with Crippen LogP contribution in [-0.4, -0.2) is 24.0 Å². The number of rotatable bonds is 3. The Morgan fingerprint density at radius 2 is 1.82 bits per heavy atom. The van der Waals surface area contributed by atoms with E-state index in [9.17, 15) is 5.26 Å². The maximum Gasteiger partial charge on any atom is 0.0672 e. The molecule has 2 nitrogen and oxygen atoms in total. The van der Waals surface area contributed by atoms with Gasteiger partial charge in [-0.05, 0) is 44.2 Å². The minimum Gasteiger partial charge on any atom is -0.299 e. The molecule has 2 fully saturated rings. The summed E-state index contributed by atoms with van der Waals surface area (Å²) in [6.07, 6.45) is 8.97. The van der Waals surface area contributed by atoms with E-state index in [-0.39, 0.29) is 0 Å². The average molecular weight is 234 g/mol. The van der Waals surface area contributed by atoms with E-state index in [2.05, 4.69) is 24.8 Å². The summed E-state index contributed by atoms with van der Waals surface area (Å²) in [5.74, 6) is 0.311. The molecule has 0 bridgehead atoms. The summed E-state index contributed by atoms with van der Waals surface area (Å²) >= 11 is 0. The van der Waals surface area contributed by atoms with Crippen molar-refractivity contribution in [3.63, 3.8) is 0 Å². The van der Waals surface area contributed by atoms with Crippen molar-refractivity contribution in [1.82, 2.24) is 4.90 Å². The van der Waals surface area contributed by atoms with Crippen molar-refractivity contribution in [1.29, 1.82) is 5.26 Å². The van der Waals surface area contributed by atoms with Gasteiger partial charge >= 0.3 is 0 Å². The van der Waals surface area contributed by atoms with Gasteiger partial charge in [-0.15, -0.1) is 0 Å². The third-order valence-corrected chi connectivity index (χ3v) is 5.47. The quantitative estimate of drug-likeness (QED) is 0.746. The molecule has 0 amide bonds. The molecule has 1 aliphatic heterocycles. The molecule has 2 unspecified atom stereocenters. The lowest BCUT2D eigenvalue weighted by Gasteiger charge is -2.43. The van der Waals surface area contributed by atoms with E-state index in [1.54, 1.807) is 0 Å². The molecule has 1 aliphatic carbocycles. The maximum absolute atomic E-state index is 9.19. The van der Waals surface area contributed by atoms with E-state index in [1.165, 1.54) is 51.6 Å². The van der Waals surface area contributed by atoms with Gasteiger partial charge in [0.25, 0.3) is 0 Å². The highest BCUT2D eigenvalue weighted by atomic mass is 15.2. The highest BCUT2D eigenvalue weighted by Gasteiger charge is 2.37. The van der Waals surface area contributed by atoms with Gasteiger partial charge in [0, 0.05) is 6.04 Å². The fourth-order valence-corrected chi connectivity index (χ4v) is 3.82. The molecule has 0 aromatic carbocycles. The van der Waals surface area contributed by atoms with Crippen molar-refractivity contribution in [2.24, 2.45) is 11.3 Å². The Balaban J connectivity index is 1.93. The van der Waals surface area contributed by atoms with Gasteiger partial charge in [0.15, 0.2) is 0 Å². The van der Waals surface area contributed by atoms with E-state index in [4.69, 9.17) is 0 Å². The molecule has 17 heavy (non-hydrogen) atoms. The second-order valence-electron chi connectivity index (χ2n) is 5.98. The lowest BCUT2D eigenvalue weighted by Crippen LogP contribution is -2.46. The van der Waals surface area contributed by atoms with Crippen LogP contribution in [0.5, 0.6) is 0 Å². The molecule has 1 heterocycles. The molecule has 2 atom stereocenters. The zero-order chi connectivity index (χ0) is 12.3. The summed E-state index contributed by atoms with van der Waals surface area (Å²) in [7, 11) is 0. The van der Waals surface area contributed by atoms with E-state index >= 15 is 0 Å². The van der Waals surface area contributed by atoms with Gasteiger partial charge in [0.2, 0.25) is 0 Å². The molecule has 0 N–H and O–H groups in total. The van der Waals surface area contributed by atoms with Gasteiger partial charge in [-0.25, -0.2) is 0 Å². The predicted octanol–water partition coefficient (Wildman–Crippen LogP) is 3.58. The van der Waals surface area contributed by atoms with Crippen molar-refractivity contribution in [3.05, 3.63) is 0 Å². The Morgan fingerprint density at radius 1 is 1.18 bits per heavy atom. The molecule has 1 saturated heterocycles. The minimum atomic E-state index is 0.311. The zero-order valence-corrected chi connectivity index (χ0v) is 11.4. The van der Waals surface area contributed by atoms with E-state index in [1.807, 2.05) is 0 Å². The molecular weight excluding hydrogens is 208 g/mol. The topological polar surface area (TPSA) is 27.0 Å². The maximum atomic E-state index is 9.19. The van der Waals surface area contributed by atoms with Crippen LogP contribution in [0.3, 0.4) is 0 Å². The van der Waals surface area contributed by atoms with Gasteiger partial charge in [-0.3, -0.25) is 4.90 Å². The van der Waals surface area contributed by atoms with Crippen molar-refractivity contribution in [2.75, 3.05) is 13.1 Å². The first-order chi connectivity index (χ1) is 8.24. The largest absolute Gasteiger partial charge is 0.299 e. The summed E-state index contributed by atoms with van der Waals surface area (Å²) in [4.78, 5) is 2.62. The van der Waals surface area contributed by atoms with Crippen LogP contribution in [0.15, 0.2) is 0 Å². The SMILES string of the molecule is CCC1(CC)CCN(C2CCCC2C#N)CC1. The van der Waals surface area contributed by atoms with Crippen molar-refractivity contribution >= 4 is 0 Å². The van der Waals surface area contributed by atoms with Crippen molar-refractivity contribution in [2.45, 2.75) is 64.8 Å². The highest BCUT2D eigenvalue weighted by molar-refractivity contribution is 4.99. The molecule has 0 radical (unpaired) electrons. The molecule has 0 spiro atoms. The first-order valence-electron chi connectivity index (χ1n) is 7.38. The van der Waals surface area contributed by atoms with Crippen LogP contribution >= 0.6 is 0 Å². The smallest absolute Gasteiger partial charge is 0.0672 e. The fraction of sp³-hybridized carbons (Fsp3) is 0.933. The highest BCUT2D eigenvalue weighted by Crippen LogP contribution is 2.40. The van der Waals surface area contributed by atoms with Crippen molar-refractivity contribution < 1.29 is 0 Å². The zero-order valence-electron chi connectivity index (χ0n) is 11.4. The van der Waals surface area contributed by atoms with E-state index < -0.39 is 0 Å². The van der Waals surface area contributed by atoms with Crippen LogP contribution in [0.1, 0.15) is 58.8 Å². The monoisotopic (exact) mass is 234 g/mol. The molecule has 0 aromatic rings. The Labute approximate surface area is 106 Å². The van der Waals surface area contributed by atoms with Crippen LogP contribution in [0, 0.1) is 22.7 Å². The first kappa shape index (κ1) is 12.9. The molecule has 1 saturated carbocycles. The average Bonchev–Trinajstić information content (AvgIpc) is 2.87. The lowest BCUT2D eigenvalue weighted by atomic mass is 9.74. The van der Waals surface area contributed by atoms with Crippen LogP contribution in [-0.2, 0) is 0 Å². The number of nitriles is 1. The van der Waals surface area contributed by atoms with Crippen LogP contribution < -0.4 is 0 Å². The van der Waals surface area contributed by atoms with Crippen molar-refractivity contribution in [3.8, 4) is 6.07 Å². The van der Waals surface area contributed by atoms with Gasteiger partial charge < -0.3 is 0 Å². The standard InChI is InChI=1S/C15H26N2/c1-3-15(4-2)8-10-17(11-9-15)14-7-5-6-13(14)12-16/h13-14H,3-11H2,1-2H3. The molecule has 2 rings (SSSR count). The third kappa shape index (κ3) is 2.50. The minimum absolute atomic E-state index is 0.311. The van der Waals surface area contributed by atoms with Gasteiger partial charge in [0.1, 0.15) is 0 Å². The Morgan fingerprint density at radius 3 is 2.35 bits per heavy atom. The van der Waals surface area contributed by atoms with Gasteiger partial charge in [-0.2, -0.15) is 5.26 Å².